The first-order chi connectivity index (χ1) is 14.3. The zero-order valence-electron chi connectivity index (χ0n) is 15.7. The molecule has 4 heteroatoms. The van der Waals surface area contributed by atoms with E-state index in [2.05, 4.69) is 10.3 Å². The Labute approximate surface area is 169 Å². The number of nitrogens with one attached hydrogen (secondary N) is 1. The number of carbonyl (C=O) groups excluding carboxylic acids is 1. The van der Waals surface area contributed by atoms with Crippen molar-refractivity contribution in [2.45, 2.75) is 0 Å². The van der Waals surface area contributed by atoms with Crippen LogP contribution in [0.3, 0.4) is 0 Å². The van der Waals surface area contributed by atoms with Crippen LogP contribution in [0.2, 0.25) is 0 Å². The molecule has 0 atom stereocenters. The summed E-state index contributed by atoms with van der Waals surface area (Å²) in [4.78, 5) is 21.8. The summed E-state index contributed by atoms with van der Waals surface area (Å²) in [6.45, 7) is 0. The minimum atomic E-state index is -0.221. The van der Waals surface area contributed by atoms with E-state index in [0.717, 1.165) is 16.8 Å². The van der Waals surface area contributed by atoms with Crippen molar-refractivity contribution in [1.29, 1.82) is 0 Å². The van der Waals surface area contributed by atoms with Crippen LogP contribution in [0.5, 0.6) is 0 Å². The summed E-state index contributed by atoms with van der Waals surface area (Å²) in [7, 11) is 0. The highest BCUT2D eigenvalue weighted by molar-refractivity contribution is 6.04. The van der Waals surface area contributed by atoms with Crippen LogP contribution >= 0.6 is 0 Å². The Morgan fingerprint density at radius 3 is 2.07 bits per heavy atom. The molecule has 0 unspecified atom stereocenters. The summed E-state index contributed by atoms with van der Waals surface area (Å²) in [5, 5.41) is 2.88. The van der Waals surface area contributed by atoms with E-state index in [1.54, 1.807) is 18.3 Å². The smallest absolute Gasteiger partial charge is 0.256 e. The maximum atomic E-state index is 12.6. The van der Waals surface area contributed by atoms with Gasteiger partial charge in [-0.05, 0) is 23.8 Å². The Bertz CT molecular complexity index is 1120. The number of nitrogens with zero attached hydrogens (tertiary/aromatic N) is 2. The summed E-state index contributed by atoms with van der Waals surface area (Å²) in [6.07, 6.45) is 5.50. The van der Waals surface area contributed by atoms with Crippen LogP contribution in [0.1, 0.15) is 21.6 Å². The van der Waals surface area contributed by atoms with Gasteiger partial charge in [0.1, 0.15) is 5.69 Å². The van der Waals surface area contributed by atoms with Gasteiger partial charge in [-0.2, -0.15) is 0 Å². The number of carbonyl (C=O) groups is 1. The van der Waals surface area contributed by atoms with Gasteiger partial charge in [-0.3, -0.25) is 4.79 Å². The molecule has 0 radical (unpaired) electrons. The van der Waals surface area contributed by atoms with E-state index < -0.39 is 0 Å². The van der Waals surface area contributed by atoms with E-state index in [0.29, 0.717) is 17.1 Å². The van der Waals surface area contributed by atoms with Crippen molar-refractivity contribution in [3.63, 3.8) is 0 Å². The lowest BCUT2D eigenvalue weighted by atomic mass is 10.1. The van der Waals surface area contributed by atoms with Gasteiger partial charge < -0.3 is 5.32 Å². The van der Waals surface area contributed by atoms with E-state index in [1.807, 2.05) is 91.0 Å². The summed E-state index contributed by atoms with van der Waals surface area (Å²) in [5.41, 5.74) is 3.92. The van der Waals surface area contributed by atoms with Crippen LogP contribution in [0.4, 0.5) is 5.82 Å². The fraction of sp³-hybridized carbons (Fsp3) is 0. The first-order valence-electron chi connectivity index (χ1n) is 9.31. The fourth-order valence-electron chi connectivity index (χ4n) is 2.87. The van der Waals surface area contributed by atoms with Crippen molar-refractivity contribution in [3.8, 4) is 11.3 Å². The lowest BCUT2D eigenvalue weighted by Gasteiger charge is -2.09. The molecule has 0 spiro atoms. The van der Waals surface area contributed by atoms with Crippen LogP contribution < -0.4 is 5.32 Å². The molecule has 4 rings (SSSR count). The zero-order chi connectivity index (χ0) is 19.9. The van der Waals surface area contributed by atoms with Crippen LogP contribution in [-0.2, 0) is 0 Å². The molecular formula is C25H19N3O. The Kier molecular flexibility index (Phi) is 5.53. The van der Waals surface area contributed by atoms with Crippen molar-refractivity contribution in [2.75, 3.05) is 5.32 Å². The molecular weight excluding hydrogens is 358 g/mol. The van der Waals surface area contributed by atoms with Gasteiger partial charge in [-0.25, -0.2) is 9.97 Å². The van der Waals surface area contributed by atoms with Crippen molar-refractivity contribution < 1.29 is 4.79 Å². The second-order valence-corrected chi connectivity index (χ2v) is 6.42. The summed E-state index contributed by atoms with van der Waals surface area (Å²) in [6, 6.07) is 28.8. The average molecular weight is 377 g/mol. The van der Waals surface area contributed by atoms with E-state index in [4.69, 9.17) is 4.98 Å². The molecule has 0 aliphatic carbocycles. The molecule has 4 nitrogen and oxygen atoms in total. The molecule has 0 fully saturated rings. The first-order valence-corrected chi connectivity index (χ1v) is 9.31. The van der Waals surface area contributed by atoms with Crippen molar-refractivity contribution in [1.82, 2.24) is 9.97 Å². The molecule has 140 valence electrons. The summed E-state index contributed by atoms with van der Waals surface area (Å²) < 4.78 is 0. The lowest BCUT2D eigenvalue weighted by Crippen LogP contribution is -2.14. The molecule has 0 aliphatic rings. The van der Waals surface area contributed by atoms with Gasteiger partial charge in [0.25, 0.3) is 5.91 Å². The quantitative estimate of drug-likeness (QED) is 0.495. The third-order valence-corrected chi connectivity index (χ3v) is 4.37. The van der Waals surface area contributed by atoms with Gasteiger partial charge in [0.2, 0.25) is 0 Å². The molecule has 4 aromatic rings. The Hall–Kier alpha value is -4.05. The molecule has 1 amide bonds. The molecule has 1 heterocycles. The first kappa shape index (κ1) is 18.3. The normalized spacial score (nSPS) is 10.8. The maximum absolute atomic E-state index is 12.6. The third kappa shape index (κ3) is 4.62. The number of benzene rings is 3. The highest BCUT2D eigenvalue weighted by atomic mass is 16.1. The third-order valence-electron chi connectivity index (χ3n) is 4.37. The van der Waals surface area contributed by atoms with Crippen molar-refractivity contribution in [2.24, 2.45) is 0 Å². The van der Waals surface area contributed by atoms with Gasteiger partial charge in [0.05, 0.1) is 11.9 Å². The molecule has 0 bridgehead atoms. The molecule has 0 saturated carbocycles. The lowest BCUT2D eigenvalue weighted by molar-refractivity contribution is 0.102. The Balaban J connectivity index is 1.69. The molecule has 1 aromatic heterocycles. The van der Waals surface area contributed by atoms with Crippen LogP contribution in [0.25, 0.3) is 23.4 Å². The number of aromatic nitrogens is 2. The van der Waals surface area contributed by atoms with E-state index >= 15 is 0 Å². The predicted molar refractivity (Wildman–Crippen MR) is 117 cm³/mol. The highest BCUT2D eigenvalue weighted by Gasteiger charge is 2.11. The standard InChI is InChI=1S/C25H19N3O/c29-25(21-14-8-3-9-15-21)28-24-22(17-16-19-10-4-1-5-11-19)27-23(18-26-24)20-12-6-2-7-13-20/h1-18H,(H,26,28,29)/b17-16+. The number of hydrogen-bond acceptors (Lipinski definition) is 3. The molecule has 29 heavy (non-hydrogen) atoms. The maximum Gasteiger partial charge on any atom is 0.256 e. The molecule has 0 aliphatic heterocycles. The minimum absolute atomic E-state index is 0.221. The van der Waals surface area contributed by atoms with Crippen LogP contribution in [0, 0.1) is 0 Å². The topological polar surface area (TPSA) is 54.9 Å². The number of rotatable bonds is 5. The second kappa shape index (κ2) is 8.76. The van der Waals surface area contributed by atoms with Gasteiger partial charge in [-0.15, -0.1) is 0 Å². The van der Waals surface area contributed by atoms with E-state index in [-0.39, 0.29) is 5.91 Å². The summed E-state index contributed by atoms with van der Waals surface area (Å²) in [5.74, 6) is 0.201. The van der Waals surface area contributed by atoms with E-state index in [9.17, 15) is 4.79 Å². The number of amides is 1. The highest BCUT2D eigenvalue weighted by Crippen LogP contribution is 2.21. The van der Waals surface area contributed by atoms with Crippen molar-refractivity contribution in [3.05, 3.63) is 114 Å². The van der Waals surface area contributed by atoms with Crippen LogP contribution in [0.15, 0.2) is 97.2 Å². The molecule has 0 saturated heterocycles. The monoisotopic (exact) mass is 377 g/mol. The minimum Gasteiger partial charge on any atom is -0.305 e. The number of hydrogen-bond donors (Lipinski definition) is 1. The zero-order valence-corrected chi connectivity index (χ0v) is 15.7. The second-order valence-electron chi connectivity index (χ2n) is 6.42. The predicted octanol–water partition coefficient (Wildman–Crippen LogP) is 5.57. The van der Waals surface area contributed by atoms with E-state index in [1.165, 1.54) is 0 Å². The van der Waals surface area contributed by atoms with Crippen molar-refractivity contribution >= 4 is 23.9 Å². The SMILES string of the molecule is O=C(Nc1ncc(-c2ccccc2)nc1/C=C/c1ccccc1)c1ccccc1. The molecule has 1 N–H and O–H groups in total. The summed E-state index contributed by atoms with van der Waals surface area (Å²) >= 11 is 0. The Morgan fingerprint density at radius 2 is 1.38 bits per heavy atom. The van der Waals surface area contributed by atoms with Gasteiger partial charge in [0, 0.05) is 11.1 Å². The average Bonchev–Trinajstić information content (AvgIpc) is 2.80. The van der Waals surface area contributed by atoms with Crippen LogP contribution in [-0.4, -0.2) is 15.9 Å². The van der Waals surface area contributed by atoms with Gasteiger partial charge in [0.15, 0.2) is 5.82 Å². The number of anilines is 1. The molecule has 3 aromatic carbocycles. The largest absolute Gasteiger partial charge is 0.305 e. The Morgan fingerprint density at radius 1 is 0.759 bits per heavy atom. The van der Waals surface area contributed by atoms with Gasteiger partial charge in [-0.1, -0.05) is 84.9 Å². The van der Waals surface area contributed by atoms with Gasteiger partial charge >= 0.3 is 0 Å². The fourth-order valence-corrected chi connectivity index (χ4v) is 2.87.